The Morgan fingerprint density at radius 2 is 0.737 bits per heavy atom. The minimum atomic E-state index is -5.70. The predicted molar refractivity (Wildman–Crippen MR) is 356 cm³/mol. The number of phosphoric acid groups is 1. The van der Waals surface area contributed by atoms with Gasteiger partial charge in [-0.1, -0.05) is 206 Å². The number of ether oxygens (including phenoxy) is 7. The Morgan fingerprint density at radius 1 is 0.400 bits per heavy atom. The molecule has 0 radical (unpaired) electrons. The summed E-state index contributed by atoms with van der Waals surface area (Å²) < 4.78 is 64.9. The fourth-order valence-corrected chi connectivity index (χ4v) is 12.9. The molecule has 0 bridgehead atoms. The summed E-state index contributed by atoms with van der Waals surface area (Å²) in [5.74, 6) is -2.03. The lowest BCUT2D eigenvalue weighted by Gasteiger charge is -2.49. The number of carbonyl (C=O) groups excluding carboxylic acids is 3. The molecule has 1 saturated carbocycles. The van der Waals surface area contributed by atoms with Crippen molar-refractivity contribution in [3.63, 3.8) is 0 Å². The minimum Gasteiger partial charge on any atom is -0.463 e. The van der Waals surface area contributed by atoms with Crippen molar-refractivity contribution < 1.29 is 117 Å². The lowest BCUT2D eigenvalue weighted by Crippen LogP contribution is -2.69. The van der Waals surface area contributed by atoms with Crippen molar-refractivity contribution in [1.29, 1.82) is 0 Å². The summed E-state index contributed by atoms with van der Waals surface area (Å²) in [6, 6.07) is 0. The van der Waals surface area contributed by atoms with Gasteiger partial charge in [0.2, 0.25) is 0 Å². The van der Waals surface area contributed by atoms with Crippen LogP contribution in [-0.4, -0.2) is 204 Å². The molecule has 2 heterocycles. The van der Waals surface area contributed by atoms with Gasteiger partial charge in [-0.25, -0.2) is 4.57 Å². The molecule has 0 aromatic carbocycles. The van der Waals surface area contributed by atoms with Gasteiger partial charge in [0, 0.05) is 19.3 Å². The standard InChI is InChI=1S/C70H127O24P/c1-4-7-10-13-16-19-22-25-28-31-34-37-40-43-46-56(74)89-51(48-86-54(72)44-41-38-35-32-29-26-23-20-17-14-11-8-5-2)49-88-95(84,85)94-68-66(92-69-64(82)59(77)57(75)52(47-71)90-69)62(80)61(79)63(81)67(68)93-70-65(83)60(78)58(76)53(91-70)50-87-55(73)45-42-39-36-33-30-27-24-21-18-15-12-9-6-3/h26,28-29,31,51-53,57-71,75-83H,4-25,27,30,32-50H2,1-3H3,(H,84,85)/b29-26-,31-28-. The van der Waals surface area contributed by atoms with Gasteiger partial charge in [-0.3, -0.25) is 23.4 Å². The molecule has 556 valence electrons. The third kappa shape index (κ3) is 36.1. The summed E-state index contributed by atoms with van der Waals surface area (Å²) in [6.45, 7) is 3.38. The molecule has 3 fully saturated rings. The molecule has 24 nitrogen and oxygen atoms in total. The van der Waals surface area contributed by atoms with E-state index in [1.807, 2.05) is 0 Å². The predicted octanol–water partition coefficient (Wildman–Crippen LogP) is 9.35. The highest BCUT2D eigenvalue weighted by Crippen LogP contribution is 2.49. The van der Waals surface area contributed by atoms with Gasteiger partial charge in [0.05, 0.1) is 13.2 Å². The molecule has 0 spiro atoms. The largest absolute Gasteiger partial charge is 0.472 e. The lowest BCUT2D eigenvalue weighted by atomic mass is 9.84. The van der Waals surface area contributed by atoms with Crippen molar-refractivity contribution in [1.82, 2.24) is 0 Å². The Bertz CT molecular complexity index is 2070. The van der Waals surface area contributed by atoms with Crippen LogP contribution in [-0.2, 0) is 61.2 Å². The van der Waals surface area contributed by atoms with Crippen molar-refractivity contribution in [2.45, 2.75) is 375 Å². The highest BCUT2D eigenvalue weighted by Gasteiger charge is 2.58. The number of carbonyl (C=O) groups is 3. The zero-order valence-corrected chi connectivity index (χ0v) is 58.6. The lowest BCUT2D eigenvalue weighted by molar-refractivity contribution is -0.360. The topological polar surface area (TPSA) is 374 Å². The van der Waals surface area contributed by atoms with Gasteiger partial charge in [0.25, 0.3) is 0 Å². The third-order valence-electron chi connectivity index (χ3n) is 18.0. The smallest absolute Gasteiger partial charge is 0.463 e. The number of aliphatic hydroxyl groups excluding tert-OH is 10. The maximum atomic E-state index is 14.3. The van der Waals surface area contributed by atoms with E-state index in [1.165, 1.54) is 116 Å². The van der Waals surface area contributed by atoms with Crippen LogP contribution in [0.4, 0.5) is 0 Å². The van der Waals surface area contributed by atoms with E-state index in [0.29, 0.717) is 25.7 Å². The van der Waals surface area contributed by atoms with E-state index in [1.54, 1.807) is 0 Å². The van der Waals surface area contributed by atoms with Gasteiger partial charge >= 0.3 is 25.7 Å². The second-order valence-electron chi connectivity index (χ2n) is 26.3. The number of phosphoric ester groups is 1. The Labute approximate surface area is 566 Å². The number of unbranched alkanes of at least 4 members (excludes halogenated alkanes) is 31. The van der Waals surface area contributed by atoms with Gasteiger partial charge in [-0.2, -0.15) is 0 Å². The highest BCUT2D eigenvalue weighted by atomic mass is 31.2. The normalized spacial score (nSPS) is 28.2. The van der Waals surface area contributed by atoms with Crippen molar-refractivity contribution in [3.05, 3.63) is 24.3 Å². The molecule has 18 atom stereocenters. The molecule has 0 aromatic rings. The number of aliphatic hydroxyl groups is 10. The number of hydrogen-bond acceptors (Lipinski definition) is 23. The maximum Gasteiger partial charge on any atom is 0.472 e. The Hall–Kier alpha value is -2.56. The molecule has 95 heavy (non-hydrogen) atoms. The summed E-state index contributed by atoms with van der Waals surface area (Å²) in [6.07, 6.45) is 11.2. The first kappa shape index (κ1) is 86.7. The minimum absolute atomic E-state index is 0.0222. The zero-order chi connectivity index (χ0) is 69.6. The zero-order valence-electron chi connectivity index (χ0n) is 57.7. The molecule has 18 unspecified atom stereocenters. The summed E-state index contributed by atoms with van der Waals surface area (Å²) in [5, 5.41) is 110. The van der Waals surface area contributed by atoms with Gasteiger partial charge < -0.3 is 89.1 Å². The van der Waals surface area contributed by atoms with E-state index in [4.69, 9.17) is 42.2 Å². The fraction of sp³-hybridized carbons (Fsp3) is 0.900. The first-order valence-corrected chi connectivity index (χ1v) is 38.1. The molecule has 0 aromatic heterocycles. The second-order valence-corrected chi connectivity index (χ2v) is 27.7. The van der Waals surface area contributed by atoms with Crippen LogP contribution in [0, 0.1) is 0 Å². The van der Waals surface area contributed by atoms with Crippen LogP contribution in [0.1, 0.15) is 271 Å². The van der Waals surface area contributed by atoms with Crippen LogP contribution >= 0.6 is 7.82 Å². The van der Waals surface area contributed by atoms with Crippen molar-refractivity contribution in [2.24, 2.45) is 0 Å². The average Bonchev–Trinajstić information content (AvgIpc) is 0.765. The van der Waals surface area contributed by atoms with Crippen LogP contribution in [0.5, 0.6) is 0 Å². The Morgan fingerprint density at radius 3 is 1.15 bits per heavy atom. The van der Waals surface area contributed by atoms with Gasteiger partial charge in [0.1, 0.15) is 98.7 Å². The SMILES string of the molecule is CCCCCCCC/C=C\CCCCCC(=O)OCC(COP(=O)(O)OC1C(OC2OC(CO)C(O)C(O)C2O)C(O)C(O)C(O)C1OC1OC(COC(=O)CCCCCCCCCCCCCCC)C(O)C(O)C1O)OC(=O)CCCCC/C=C\CCCCCCCCC. The molecule has 1 aliphatic carbocycles. The fourth-order valence-electron chi connectivity index (χ4n) is 11.9. The Balaban J connectivity index is 1.76. The Kier molecular flexibility index (Phi) is 47.8. The molecule has 3 aliphatic rings. The molecular formula is C70H127O24P. The van der Waals surface area contributed by atoms with Gasteiger partial charge in [-0.15, -0.1) is 0 Å². The van der Waals surface area contributed by atoms with E-state index in [9.17, 15) is 74.9 Å². The monoisotopic (exact) mass is 1380 g/mol. The van der Waals surface area contributed by atoms with E-state index in [-0.39, 0.29) is 19.3 Å². The molecule has 3 rings (SSSR count). The molecule has 11 N–H and O–H groups in total. The molecule has 0 amide bonds. The first-order valence-electron chi connectivity index (χ1n) is 36.6. The van der Waals surface area contributed by atoms with Crippen LogP contribution in [0.25, 0.3) is 0 Å². The average molecular weight is 1380 g/mol. The van der Waals surface area contributed by atoms with Crippen LogP contribution < -0.4 is 0 Å². The highest BCUT2D eigenvalue weighted by molar-refractivity contribution is 7.47. The van der Waals surface area contributed by atoms with Crippen molar-refractivity contribution in [3.8, 4) is 0 Å². The van der Waals surface area contributed by atoms with Crippen molar-refractivity contribution in [2.75, 3.05) is 26.4 Å². The summed E-state index contributed by atoms with van der Waals surface area (Å²) >= 11 is 0. The summed E-state index contributed by atoms with van der Waals surface area (Å²) in [7, 11) is -5.70. The summed E-state index contributed by atoms with van der Waals surface area (Å²) in [4.78, 5) is 50.9. The molecule has 2 saturated heterocycles. The van der Waals surface area contributed by atoms with Gasteiger partial charge in [-0.05, 0) is 70.6 Å². The van der Waals surface area contributed by atoms with Gasteiger partial charge in [0.15, 0.2) is 18.7 Å². The van der Waals surface area contributed by atoms with Crippen LogP contribution in [0.2, 0.25) is 0 Å². The van der Waals surface area contributed by atoms with E-state index in [0.717, 1.165) is 89.9 Å². The van der Waals surface area contributed by atoms with Crippen molar-refractivity contribution >= 4 is 25.7 Å². The summed E-state index contributed by atoms with van der Waals surface area (Å²) in [5.41, 5.74) is 0. The van der Waals surface area contributed by atoms with Crippen LogP contribution in [0.15, 0.2) is 24.3 Å². The molecular weight excluding hydrogens is 1260 g/mol. The van der Waals surface area contributed by atoms with E-state index < -0.39 is 156 Å². The third-order valence-corrected chi connectivity index (χ3v) is 18.9. The van der Waals surface area contributed by atoms with E-state index in [2.05, 4.69) is 45.1 Å². The first-order chi connectivity index (χ1) is 45.8. The van der Waals surface area contributed by atoms with E-state index >= 15 is 0 Å². The maximum absolute atomic E-state index is 14.3. The van der Waals surface area contributed by atoms with Crippen LogP contribution in [0.3, 0.4) is 0 Å². The number of esters is 3. The number of hydrogen-bond donors (Lipinski definition) is 11. The molecule has 25 heteroatoms. The molecule has 2 aliphatic heterocycles. The number of rotatable bonds is 56. The quantitative estimate of drug-likeness (QED) is 0.00887. The second kappa shape index (κ2) is 52.4. The number of allylic oxidation sites excluding steroid dienone is 4.